The highest BCUT2D eigenvalue weighted by atomic mass is 35.5. The van der Waals surface area contributed by atoms with Gasteiger partial charge in [0, 0.05) is 49.9 Å². The number of hydrogen-bond donors (Lipinski definition) is 1. The van der Waals surface area contributed by atoms with E-state index in [1.807, 2.05) is 0 Å². The number of halogens is 2. The Morgan fingerprint density at radius 2 is 2.00 bits per heavy atom. The zero-order valence-electron chi connectivity index (χ0n) is 15.2. The van der Waals surface area contributed by atoms with Gasteiger partial charge in [0.05, 0.1) is 10.2 Å². The molecule has 146 valence electrons. The van der Waals surface area contributed by atoms with Crippen LogP contribution in [0.15, 0.2) is 42.5 Å². The molecule has 1 aliphatic rings. The summed E-state index contributed by atoms with van der Waals surface area (Å²) in [5, 5.41) is 4.44. The quantitative estimate of drug-likeness (QED) is 0.687. The normalized spacial score (nSPS) is 15.1. The molecule has 1 aliphatic heterocycles. The van der Waals surface area contributed by atoms with Crippen LogP contribution in [0.2, 0.25) is 5.02 Å². The summed E-state index contributed by atoms with van der Waals surface area (Å²) in [6.07, 6.45) is 0. The lowest BCUT2D eigenvalue weighted by molar-refractivity contribution is 0.0948. The van der Waals surface area contributed by atoms with E-state index in [0.29, 0.717) is 17.1 Å². The Balaban J connectivity index is 1.25. The zero-order valence-corrected chi connectivity index (χ0v) is 16.8. The van der Waals surface area contributed by atoms with Crippen LogP contribution in [0.3, 0.4) is 0 Å². The summed E-state index contributed by atoms with van der Waals surface area (Å²) >= 11 is 7.45. The minimum atomic E-state index is -0.229. The molecule has 8 heteroatoms. The topological polar surface area (TPSA) is 48.5 Å². The molecule has 0 saturated carbocycles. The van der Waals surface area contributed by atoms with Gasteiger partial charge in [-0.15, -0.1) is 0 Å². The first-order valence-corrected chi connectivity index (χ1v) is 10.3. The van der Waals surface area contributed by atoms with E-state index in [-0.39, 0.29) is 11.7 Å². The van der Waals surface area contributed by atoms with Crippen molar-refractivity contribution in [2.75, 3.05) is 44.2 Å². The third-order valence-electron chi connectivity index (χ3n) is 4.78. The molecule has 1 N–H and O–H groups in total. The molecule has 2 aromatic carbocycles. The second-order valence-electron chi connectivity index (χ2n) is 6.70. The molecule has 1 amide bonds. The van der Waals surface area contributed by atoms with Gasteiger partial charge < -0.3 is 10.2 Å². The highest BCUT2D eigenvalue weighted by Gasteiger charge is 2.20. The van der Waals surface area contributed by atoms with Crippen molar-refractivity contribution in [2.45, 2.75) is 0 Å². The standard InChI is InChI=1S/C20H20ClFN4OS/c21-15-3-1-2-14(12-15)19(27)23-6-7-25-8-10-26(11-9-25)20-24-17-5-4-16(22)13-18(17)28-20/h1-5,12-13H,6-11H2,(H,23,27). The van der Waals surface area contributed by atoms with Crippen molar-refractivity contribution in [2.24, 2.45) is 0 Å². The molecular formula is C20H20ClFN4OS. The van der Waals surface area contributed by atoms with Gasteiger partial charge in [-0.2, -0.15) is 0 Å². The van der Waals surface area contributed by atoms with E-state index < -0.39 is 0 Å². The Morgan fingerprint density at radius 3 is 2.79 bits per heavy atom. The second kappa shape index (κ2) is 8.43. The zero-order chi connectivity index (χ0) is 19.5. The van der Waals surface area contributed by atoms with Gasteiger partial charge >= 0.3 is 0 Å². The molecule has 3 aromatic rings. The Labute approximate surface area is 171 Å². The van der Waals surface area contributed by atoms with Crippen LogP contribution in [-0.2, 0) is 0 Å². The lowest BCUT2D eigenvalue weighted by atomic mass is 10.2. The molecule has 0 radical (unpaired) electrons. The Bertz CT molecular complexity index is 987. The fourth-order valence-corrected chi connectivity index (χ4v) is 4.48. The molecule has 4 rings (SSSR count). The molecule has 5 nitrogen and oxygen atoms in total. The van der Waals surface area contributed by atoms with E-state index >= 15 is 0 Å². The fourth-order valence-electron chi connectivity index (χ4n) is 3.24. The third kappa shape index (κ3) is 4.43. The van der Waals surface area contributed by atoms with Crippen LogP contribution in [0.4, 0.5) is 9.52 Å². The molecule has 1 fully saturated rings. The van der Waals surface area contributed by atoms with E-state index in [2.05, 4.69) is 20.1 Å². The first-order valence-electron chi connectivity index (χ1n) is 9.16. The predicted octanol–water partition coefficient (Wildman–Crippen LogP) is 3.64. The van der Waals surface area contributed by atoms with Crippen molar-refractivity contribution in [1.29, 1.82) is 0 Å². The Hall–Kier alpha value is -2.22. The number of rotatable bonds is 5. The summed E-state index contributed by atoms with van der Waals surface area (Å²) in [7, 11) is 0. The van der Waals surface area contributed by atoms with Gasteiger partial charge in [0.1, 0.15) is 5.82 Å². The van der Waals surface area contributed by atoms with Crippen LogP contribution in [0.25, 0.3) is 10.2 Å². The molecule has 0 aliphatic carbocycles. The van der Waals surface area contributed by atoms with Crippen molar-refractivity contribution >= 4 is 44.2 Å². The first-order chi connectivity index (χ1) is 13.6. The average Bonchev–Trinajstić information content (AvgIpc) is 3.11. The number of aromatic nitrogens is 1. The Kier molecular flexibility index (Phi) is 5.75. The third-order valence-corrected chi connectivity index (χ3v) is 6.10. The highest BCUT2D eigenvalue weighted by molar-refractivity contribution is 7.22. The van der Waals surface area contributed by atoms with Crippen molar-refractivity contribution in [1.82, 2.24) is 15.2 Å². The van der Waals surface area contributed by atoms with E-state index in [0.717, 1.165) is 48.1 Å². The van der Waals surface area contributed by atoms with Gasteiger partial charge in [0.25, 0.3) is 5.91 Å². The second-order valence-corrected chi connectivity index (χ2v) is 8.15. The van der Waals surface area contributed by atoms with E-state index in [1.165, 1.54) is 23.5 Å². The van der Waals surface area contributed by atoms with Gasteiger partial charge in [-0.05, 0) is 36.4 Å². The lowest BCUT2D eigenvalue weighted by Gasteiger charge is -2.34. The van der Waals surface area contributed by atoms with Gasteiger partial charge in [-0.3, -0.25) is 9.69 Å². The van der Waals surface area contributed by atoms with Crippen LogP contribution in [0, 0.1) is 5.82 Å². The number of fused-ring (bicyclic) bond motifs is 1. The van der Waals surface area contributed by atoms with Gasteiger partial charge in [-0.1, -0.05) is 29.0 Å². The maximum atomic E-state index is 13.4. The summed E-state index contributed by atoms with van der Waals surface area (Å²) in [6, 6.07) is 11.6. The summed E-state index contributed by atoms with van der Waals surface area (Å²) in [6.45, 7) is 4.92. The summed E-state index contributed by atoms with van der Waals surface area (Å²) in [4.78, 5) is 21.3. The summed E-state index contributed by atoms with van der Waals surface area (Å²) in [5.41, 5.74) is 1.41. The molecule has 2 heterocycles. The monoisotopic (exact) mass is 418 g/mol. The number of benzene rings is 2. The number of thiazole rings is 1. The van der Waals surface area contributed by atoms with Crippen LogP contribution >= 0.6 is 22.9 Å². The minimum absolute atomic E-state index is 0.108. The van der Waals surface area contributed by atoms with Crippen LogP contribution < -0.4 is 10.2 Å². The minimum Gasteiger partial charge on any atom is -0.351 e. The number of nitrogens with one attached hydrogen (secondary N) is 1. The molecule has 1 aromatic heterocycles. The molecule has 0 atom stereocenters. The SMILES string of the molecule is O=C(NCCN1CCN(c2nc3ccc(F)cc3s2)CC1)c1cccc(Cl)c1. The molecule has 28 heavy (non-hydrogen) atoms. The number of carbonyl (C=O) groups excluding carboxylic acids is 1. The summed E-state index contributed by atoms with van der Waals surface area (Å²) in [5.74, 6) is -0.338. The van der Waals surface area contributed by atoms with E-state index in [1.54, 1.807) is 30.3 Å². The number of carbonyl (C=O) groups is 1. The highest BCUT2D eigenvalue weighted by Crippen LogP contribution is 2.29. The van der Waals surface area contributed by atoms with E-state index in [4.69, 9.17) is 11.6 Å². The smallest absolute Gasteiger partial charge is 0.251 e. The Morgan fingerprint density at radius 1 is 1.18 bits per heavy atom. The molecular weight excluding hydrogens is 399 g/mol. The lowest BCUT2D eigenvalue weighted by Crippen LogP contribution is -2.48. The van der Waals surface area contributed by atoms with Crippen LogP contribution in [0.1, 0.15) is 10.4 Å². The van der Waals surface area contributed by atoms with Crippen LogP contribution in [-0.4, -0.2) is 55.1 Å². The van der Waals surface area contributed by atoms with E-state index in [9.17, 15) is 9.18 Å². The largest absolute Gasteiger partial charge is 0.351 e. The maximum Gasteiger partial charge on any atom is 0.251 e. The van der Waals surface area contributed by atoms with Crippen molar-refractivity contribution in [3.05, 3.63) is 58.9 Å². The molecule has 0 bridgehead atoms. The number of amides is 1. The first kappa shape index (κ1) is 19.1. The van der Waals surface area contributed by atoms with Crippen molar-refractivity contribution < 1.29 is 9.18 Å². The maximum absolute atomic E-state index is 13.4. The van der Waals surface area contributed by atoms with Crippen molar-refractivity contribution in [3.63, 3.8) is 0 Å². The number of nitrogens with zero attached hydrogens (tertiary/aromatic N) is 3. The summed E-state index contributed by atoms with van der Waals surface area (Å²) < 4.78 is 14.2. The molecule has 0 spiro atoms. The number of piperazine rings is 1. The van der Waals surface area contributed by atoms with Gasteiger partial charge in [0.2, 0.25) is 0 Å². The van der Waals surface area contributed by atoms with Gasteiger partial charge in [0.15, 0.2) is 5.13 Å². The predicted molar refractivity (Wildman–Crippen MR) is 112 cm³/mol. The van der Waals surface area contributed by atoms with Crippen molar-refractivity contribution in [3.8, 4) is 0 Å². The number of anilines is 1. The molecule has 0 unspecified atom stereocenters. The molecule has 1 saturated heterocycles. The van der Waals surface area contributed by atoms with Gasteiger partial charge in [-0.25, -0.2) is 9.37 Å². The average molecular weight is 419 g/mol. The number of hydrogen-bond acceptors (Lipinski definition) is 5. The fraction of sp³-hybridized carbons (Fsp3) is 0.300. The van der Waals surface area contributed by atoms with Crippen LogP contribution in [0.5, 0.6) is 0 Å².